The number of fused-ring (bicyclic) bond motifs is 1. The van der Waals surface area contributed by atoms with Gasteiger partial charge in [0, 0.05) is 28.2 Å². The van der Waals surface area contributed by atoms with E-state index in [0.29, 0.717) is 17.1 Å². The van der Waals surface area contributed by atoms with E-state index in [9.17, 15) is 4.79 Å². The molecule has 0 atom stereocenters. The van der Waals surface area contributed by atoms with Crippen molar-refractivity contribution in [1.29, 1.82) is 0 Å². The summed E-state index contributed by atoms with van der Waals surface area (Å²) < 4.78 is 7.26. The molecule has 5 heteroatoms. The molecule has 0 unspecified atom stereocenters. The van der Waals surface area contributed by atoms with Crippen molar-refractivity contribution in [2.24, 2.45) is 0 Å². The van der Waals surface area contributed by atoms with E-state index in [1.807, 2.05) is 86.6 Å². The summed E-state index contributed by atoms with van der Waals surface area (Å²) >= 11 is 0. The Labute approximate surface area is 173 Å². The molecular formula is C25H19N3O2. The fraction of sp³-hybridized carbons (Fsp3) is 0.0800. The summed E-state index contributed by atoms with van der Waals surface area (Å²) in [6.45, 7) is 4.04. The Morgan fingerprint density at radius 3 is 2.37 bits per heavy atom. The van der Waals surface area contributed by atoms with Crippen molar-refractivity contribution < 1.29 is 4.52 Å². The smallest absolute Gasteiger partial charge is 0.262 e. The lowest BCUT2D eigenvalue weighted by Crippen LogP contribution is -2.18. The van der Waals surface area contributed by atoms with Crippen LogP contribution in [-0.2, 0) is 0 Å². The molecule has 0 aliphatic rings. The topological polar surface area (TPSA) is 60.9 Å². The molecule has 3 aromatic carbocycles. The third-order valence-corrected chi connectivity index (χ3v) is 5.17. The van der Waals surface area contributed by atoms with Crippen molar-refractivity contribution in [2.75, 3.05) is 0 Å². The van der Waals surface area contributed by atoms with Crippen molar-refractivity contribution in [2.45, 2.75) is 13.8 Å². The van der Waals surface area contributed by atoms with E-state index in [2.05, 4.69) is 10.1 Å². The van der Waals surface area contributed by atoms with Gasteiger partial charge in [0.2, 0.25) is 5.82 Å². The zero-order valence-corrected chi connectivity index (χ0v) is 16.7. The maximum absolute atomic E-state index is 13.2. The Bertz CT molecular complexity index is 1430. The second-order valence-electron chi connectivity index (χ2n) is 7.39. The third kappa shape index (κ3) is 3.10. The number of pyridine rings is 1. The Hall–Kier alpha value is -3.99. The van der Waals surface area contributed by atoms with Crippen molar-refractivity contribution in [1.82, 2.24) is 14.7 Å². The Morgan fingerprint density at radius 1 is 0.833 bits per heavy atom. The fourth-order valence-corrected chi connectivity index (χ4v) is 3.59. The minimum atomic E-state index is -0.0865. The minimum absolute atomic E-state index is 0.0865. The Kier molecular flexibility index (Phi) is 4.29. The van der Waals surface area contributed by atoms with E-state index in [1.54, 1.807) is 10.8 Å². The third-order valence-electron chi connectivity index (χ3n) is 5.17. The highest BCUT2D eigenvalue weighted by atomic mass is 16.5. The van der Waals surface area contributed by atoms with Crippen molar-refractivity contribution >= 4 is 10.8 Å². The first kappa shape index (κ1) is 18.1. The fourth-order valence-electron chi connectivity index (χ4n) is 3.59. The number of benzene rings is 3. The molecule has 5 rings (SSSR count). The summed E-state index contributed by atoms with van der Waals surface area (Å²) in [5, 5.41) is 5.56. The number of hydrogen-bond donors (Lipinski definition) is 0. The van der Waals surface area contributed by atoms with Gasteiger partial charge in [-0.25, -0.2) is 0 Å². The summed E-state index contributed by atoms with van der Waals surface area (Å²) in [5.41, 5.74) is 4.57. The number of rotatable bonds is 3. The molecule has 0 amide bonds. The molecule has 0 saturated carbocycles. The monoisotopic (exact) mass is 393 g/mol. The number of hydrogen-bond acceptors (Lipinski definition) is 4. The largest absolute Gasteiger partial charge is 0.334 e. The molecule has 5 nitrogen and oxygen atoms in total. The lowest BCUT2D eigenvalue weighted by Gasteiger charge is -2.10. The maximum atomic E-state index is 13.2. The molecule has 30 heavy (non-hydrogen) atoms. The summed E-state index contributed by atoms with van der Waals surface area (Å²) in [6, 6.07) is 23.3. The maximum Gasteiger partial charge on any atom is 0.262 e. The van der Waals surface area contributed by atoms with Crippen LogP contribution >= 0.6 is 0 Å². The van der Waals surface area contributed by atoms with Crippen LogP contribution in [0, 0.1) is 13.8 Å². The van der Waals surface area contributed by atoms with Gasteiger partial charge < -0.3 is 4.52 Å². The molecule has 0 aliphatic heterocycles. The second-order valence-corrected chi connectivity index (χ2v) is 7.39. The van der Waals surface area contributed by atoms with Crippen molar-refractivity contribution in [3.63, 3.8) is 0 Å². The van der Waals surface area contributed by atoms with Crippen LogP contribution in [-0.4, -0.2) is 14.7 Å². The van der Waals surface area contributed by atoms with Crippen molar-refractivity contribution in [3.8, 4) is 28.5 Å². The summed E-state index contributed by atoms with van der Waals surface area (Å²) in [4.78, 5) is 17.8. The number of aryl methyl sites for hydroxylation is 2. The predicted molar refractivity (Wildman–Crippen MR) is 118 cm³/mol. The van der Waals surface area contributed by atoms with Crippen LogP contribution < -0.4 is 5.56 Å². The lowest BCUT2D eigenvalue weighted by atomic mass is 10.1. The molecule has 146 valence electrons. The van der Waals surface area contributed by atoms with Gasteiger partial charge in [0.05, 0.1) is 5.56 Å². The minimum Gasteiger partial charge on any atom is -0.334 e. The zero-order valence-electron chi connectivity index (χ0n) is 16.7. The lowest BCUT2D eigenvalue weighted by molar-refractivity contribution is 0.432. The first-order valence-electron chi connectivity index (χ1n) is 9.73. The molecule has 0 saturated heterocycles. The predicted octanol–water partition coefficient (Wildman–Crippen LogP) is 5.32. The molecule has 0 bridgehead atoms. The van der Waals surface area contributed by atoms with E-state index in [-0.39, 0.29) is 5.56 Å². The van der Waals surface area contributed by atoms with Crippen LogP contribution in [0.3, 0.4) is 0 Å². The van der Waals surface area contributed by atoms with E-state index in [1.165, 1.54) is 0 Å². The summed E-state index contributed by atoms with van der Waals surface area (Å²) in [7, 11) is 0. The Balaban J connectivity index is 1.72. The molecule has 0 radical (unpaired) electrons. The molecule has 0 fully saturated rings. The molecule has 2 heterocycles. The highest BCUT2D eigenvalue weighted by Crippen LogP contribution is 2.28. The quantitative estimate of drug-likeness (QED) is 0.416. The molecule has 0 N–H and O–H groups in total. The van der Waals surface area contributed by atoms with Gasteiger partial charge >= 0.3 is 0 Å². The van der Waals surface area contributed by atoms with Gasteiger partial charge in [-0.3, -0.25) is 9.36 Å². The highest BCUT2D eigenvalue weighted by molar-refractivity contribution is 5.94. The summed E-state index contributed by atoms with van der Waals surface area (Å²) in [5.74, 6) is 0.898. The average Bonchev–Trinajstić information content (AvgIpc) is 3.25. The normalized spacial score (nSPS) is 11.1. The van der Waals surface area contributed by atoms with Crippen LogP contribution in [0.25, 0.3) is 39.3 Å². The molecule has 0 spiro atoms. The van der Waals surface area contributed by atoms with Gasteiger partial charge in [-0.05, 0) is 38.1 Å². The van der Waals surface area contributed by atoms with Gasteiger partial charge in [-0.1, -0.05) is 64.8 Å². The molecular weight excluding hydrogens is 374 g/mol. The first-order chi connectivity index (χ1) is 14.6. The standard InChI is InChI=1S/C25H19N3O2/c1-16-10-12-19(13-11-16)28-15-22(20-8-3-4-9-21(20)25(28)29)24-26-23(27-30-24)18-7-5-6-17(2)14-18/h3-15H,1-2H3. The summed E-state index contributed by atoms with van der Waals surface area (Å²) in [6.07, 6.45) is 1.78. The van der Waals surface area contributed by atoms with Crippen LogP contribution in [0.15, 0.2) is 88.3 Å². The van der Waals surface area contributed by atoms with Gasteiger partial charge in [0.25, 0.3) is 11.4 Å². The van der Waals surface area contributed by atoms with Crippen LogP contribution in [0.5, 0.6) is 0 Å². The van der Waals surface area contributed by atoms with Crippen LogP contribution in [0.1, 0.15) is 11.1 Å². The van der Waals surface area contributed by atoms with Crippen LogP contribution in [0.2, 0.25) is 0 Å². The number of nitrogens with zero attached hydrogens (tertiary/aromatic N) is 3. The van der Waals surface area contributed by atoms with Gasteiger partial charge in [-0.15, -0.1) is 0 Å². The van der Waals surface area contributed by atoms with Gasteiger partial charge in [0.15, 0.2) is 0 Å². The molecule has 5 aromatic rings. The SMILES string of the molecule is Cc1ccc(-n2cc(-c3nc(-c4cccc(C)c4)no3)c3ccccc3c2=O)cc1. The van der Waals surface area contributed by atoms with E-state index >= 15 is 0 Å². The molecule has 2 aromatic heterocycles. The number of aromatic nitrogens is 3. The van der Waals surface area contributed by atoms with E-state index < -0.39 is 0 Å². The zero-order chi connectivity index (χ0) is 20.7. The van der Waals surface area contributed by atoms with Crippen molar-refractivity contribution in [3.05, 3.63) is 100 Å². The van der Waals surface area contributed by atoms with E-state index in [4.69, 9.17) is 4.52 Å². The van der Waals surface area contributed by atoms with Gasteiger partial charge in [0.1, 0.15) is 0 Å². The second kappa shape index (κ2) is 7.12. The first-order valence-corrected chi connectivity index (χ1v) is 9.73. The van der Waals surface area contributed by atoms with Gasteiger partial charge in [-0.2, -0.15) is 4.98 Å². The molecule has 0 aliphatic carbocycles. The van der Waals surface area contributed by atoms with E-state index in [0.717, 1.165) is 33.3 Å². The van der Waals surface area contributed by atoms with Crippen LogP contribution in [0.4, 0.5) is 0 Å². The Morgan fingerprint density at radius 2 is 1.60 bits per heavy atom. The highest BCUT2D eigenvalue weighted by Gasteiger charge is 2.17. The average molecular weight is 393 g/mol.